The molecule has 0 nitrogen and oxygen atoms in total. The van der Waals surface area contributed by atoms with Crippen LogP contribution in [0.15, 0.2) is 0 Å². The molecule has 3 radical (unpaired) electrons. The predicted octanol–water partition coefficient (Wildman–Crippen LogP) is -12.4. The molecule has 37 valence electrons. The van der Waals surface area contributed by atoms with Gasteiger partial charge in [0.25, 0.3) is 0 Å². The molecule has 0 aliphatic heterocycles. The molecule has 0 rings (SSSR count). The van der Waals surface area contributed by atoms with E-state index < -0.39 is 0 Å². The van der Waals surface area contributed by atoms with Crippen molar-refractivity contribution < 1.29 is 49.6 Å². The fraction of sp³-hybridized carbons (Fsp3) is 0. The van der Waals surface area contributed by atoms with Gasteiger partial charge in [-0.2, -0.15) is 0 Å². The van der Waals surface area contributed by atoms with Crippen molar-refractivity contribution in [2.45, 2.75) is 0 Å². The zero-order chi connectivity index (χ0) is 0. The average molecular weight is 269 g/mol. The van der Waals surface area contributed by atoms with E-state index in [2.05, 4.69) is 0 Å². The van der Waals surface area contributed by atoms with Crippen LogP contribution in [0.1, 0.15) is 0 Å². The van der Waals surface area contributed by atoms with Crippen LogP contribution in [0.2, 0.25) is 0 Å². The molecule has 0 amide bonds. The summed E-state index contributed by atoms with van der Waals surface area (Å²) in [5.74, 6) is 0. The van der Waals surface area contributed by atoms with Gasteiger partial charge < -0.3 is 49.6 Å². The number of halogens is 4. The molecule has 5 heteroatoms. The molecule has 0 fully saturated rings. The van der Waals surface area contributed by atoms with Gasteiger partial charge in [0, 0.05) is 0 Å². The van der Waals surface area contributed by atoms with Gasteiger partial charge in [-0.05, 0) is 0 Å². The standard InChI is InChI=1S/4ClH.Te/h4*1H;/q;;;;+1/p-4. The average Bonchev–Trinajstić information content (AvgIpc) is 0. The minimum atomic E-state index is 0. The van der Waals surface area contributed by atoms with Crippen molar-refractivity contribution in [3.63, 3.8) is 0 Å². The van der Waals surface area contributed by atoms with E-state index >= 15 is 0 Å². The van der Waals surface area contributed by atoms with E-state index in [1.807, 2.05) is 0 Å². The summed E-state index contributed by atoms with van der Waals surface area (Å²) in [6.45, 7) is 0. The molecule has 0 aromatic heterocycles. The Morgan fingerprint density at radius 1 is 0.400 bits per heavy atom. The van der Waals surface area contributed by atoms with E-state index in [1.165, 1.54) is 0 Å². The fourth-order valence-electron chi connectivity index (χ4n) is 0. The first-order chi connectivity index (χ1) is 0. The third-order valence-corrected chi connectivity index (χ3v) is 0. The quantitative estimate of drug-likeness (QED) is 0.383. The van der Waals surface area contributed by atoms with Crippen molar-refractivity contribution in [2.24, 2.45) is 0 Å². The van der Waals surface area contributed by atoms with Gasteiger partial charge in [-0.3, -0.25) is 0 Å². The fourth-order valence-corrected chi connectivity index (χ4v) is 0. The maximum absolute atomic E-state index is 0. The number of rotatable bonds is 0. The Kier molecular flexibility index (Phi) is 496. The molecular weight excluding hydrogens is 269 g/mol. The molecule has 0 unspecified atom stereocenters. The first-order valence-electron chi connectivity index (χ1n) is 0. The van der Waals surface area contributed by atoms with Gasteiger partial charge in [-0.1, -0.05) is 0 Å². The molecule has 0 saturated heterocycles. The van der Waals surface area contributed by atoms with E-state index in [4.69, 9.17) is 0 Å². The number of hydrogen-bond donors (Lipinski definition) is 0. The van der Waals surface area contributed by atoms with Gasteiger partial charge >= 0.3 is 23.7 Å². The molecule has 5 heavy (non-hydrogen) atoms. The Balaban J connectivity index is 0. The van der Waals surface area contributed by atoms with Gasteiger partial charge in [0.2, 0.25) is 0 Å². The Hall–Kier alpha value is 1.95. The van der Waals surface area contributed by atoms with Crippen molar-refractivity contribution in [3.05, 3.63) is 0 Å². The molecule has 0 atom stereocenters. The SMILES string of the molecule is [Cl-].[Cl-].[Cl-].[Cl-].[Te+]. The normalized spacial score (nSPS) is 0. The largest absolute Gasteiger partial charge is 1.00 e. The Morgan fingerprint density at radius 3 is 0.400 bits per heavy atom. The van der Waals surface area contributed by atoms with E-state index in [1.54, 1.807) is 0 Å². The molecule has 0 heterocycles. The van der Waals surface area contributed by atoms with Crippen molar-refractivity contribution in [1.82, 2.24) is 0 Å². The van der Waals surface area contributed by atoms with Crippen LogP contribution in [0, 0.1) is 0 Å². The molecule has 0 bridgehead atoms. The summed E-state index contributed by atoms with van der Waals surface area (Å²) in [6.07, 6.45) is 0. The van der Waals surface area contributed by atoms with E-state index in [0.717, 1.165) is 0 Å². The molecule has 0 aromatic rings. The van der Waals surface area contributed by atoms with E-state index in [-0.39, 0.29) is 73.3 Å². The van der Waals surface area contributed by atoms with Gasteiger partial charge in [0.1, 0.15) is 0 Å². The first kappa shape index (κ1) is 64.7. The second-order valence-corrected chi connectivity index (χ2v) is 0. The molecule has 0 saturated carbocycles. The van der Waals surface area contributed by atoms with Gasteiger partial charge in [0.15, 0.2) is 0 Å². The predicted molar refractivity (Wildman–Crippen MR) is 5.75 cm³/mol. The third kappa shape index (κ3) is 24.4. The molecule has 0 spiro atoms. The summed E-state index contributed by atoms with van der Waals surface area (Å²) < 4.78 is 0. The maximum atomic E-state index is 0. The van der Waals surface area contributed by atoms with Crippen LogP contribution in [0.4, 0.5) is 0 Å². The molecule has 0 N–H and O–H groups in total. The minimum Gasteiger partial charge on any atom is -1.00 e. The summed E-state index contributed by atoms with van der Waals surface area (Å²) in [5.41, 5.74) is 0. The molecule has 0 aromatic carbocycles. The summed E-state index contributed by atoms with van der Waals surface area (Å²) in [7, 11) is 0. The zero-order valence-electron chi connectivity index (χ0n) is 1.92. The Bertz CT molecular complexity index is 3.61. The van der Waals surface area contributed by atoms with Crippen LogP contribution in [-0.4, -0.2) is 23.7 Å². The summed E-state index contributed by atoms with van der Waals surface area (Å²) >= 11 is 0. The maximum Gasteiger partial charge on any atom is 1.00 e. The Morgan fingerprint density at radius 2 is 0.400 bits per heavy atom. The first-order valence-corrected chi connectivity index (χ1v) is 0. The van der Waals surface area contributed by atoms with Gasteiger partial charge in [-0.25, -0.2) is 0 Å². The van der Waals surface area contributed by atoms with Crippen LogP contribution in [0.25, 0.3) is 0 Å². The van der Waals surface area contributed by atoms with Gasteiger partial charge in [0.05, 0.1) is 0 Å². The molecular formula is Cl4Te-3. The second-order valence-electron chi connectivity index (χ2n) is 0. The van der Waals surface area contributed by atoms with Crippen LogP contribution < -0.4 is 49.6 Å². The Labute approximate surface area is 72.8 Å². The van der Waals surface area contributed by atoms with Crippen molar-refractivity contribution in [2.75, 3.05) is 0 Å². The van der Waals surface area contributed by atoms with E-state index in [9.17, 15) is 0 Å². The summed E-state index contributed by atoms with van der Waals surface area (Å²) in [4.78, 5) is 0. The summed E-state index contributed by atoms with van der Waals surface area (Å²) in [5, 5.41) is 0. The van der Waals surface area contributed by atoms with Crippen LogP contribution in [0.3, 0.4) is 0 Å². The molecule has 0 aliphatic carbocycles. The second kappa shape index (κ2) is 38.3. The van der Waals surface area contributed by atoms with E-state index in [0.29, 0.717) is 0 Å². The van der Waals surface area contributed by atoms with Gasteiger partial charge in [-0.15, -0.1) is 0 Å². The monoisotopic (exact) mass is 270 g/mol. The topological polar surface area (TPSA) is 0 Å². The van der Waals surface area contributed by atoms with Crippen molar-refractivity contribution >= 4 is 23.7 Å². The van der Waals surface area contributed by atoms with Crippen LogP contribution in [-0.2, 0) is 0 Å². The third-order valence-electron chi connectivity index (χ3n) is 0. The van der Waals surface area contributed by atoms with Crippen LogP contribution >= 0.6 is 0 Å². The minimum absolute atomic E-state index is 0. The van der Waals surface area contributed by atoms with Crippen molar-refractivity contribution in [3.8, 4) is 0 Å². The summed E-state index contributed by atoms with van der Waals surface area (Å²) in [6, 6.07) is 0. The van der Waals surface area contributed by atoms with Crippen LogP contribution in [0.5, 0.6) is 0 Å². The number of hydrogen-bond acceptors (Lipinski definition) is 0. The molecule has 0 aliphatic rings. The van der Waals surface area contributed by atoms with Crippen molar-refractivity contribution in [1.29, 1.82) is 0 Å². The zero-order valence-corrected chi connectivity index (χ0v) is 7.27. The smallest absolute Gasteiger partial charge is 1.00 e.